The summed E-state index contributed by atoms with van der Waals surface area (Å²) >= 11 is 0. The van der Waals surface area contributed by atoms with Crippen molar-refractivity contribution < 1.29 is 9.13 Å². The third-order valence-corrected chi connectivity index (χ3v) is 3.13. The van der Waals surface area contributed by atoms with Crippen LogP contribution in [0.25, 0.3) is 0 Å². The van der Waals surface area contributed by atoms with Gasteiger partial charge in [-0.1, -0.05) is 36.4 Å². The number of hydrogen-bond acceptors (Lipinski definition) is 2. The molecule has 1 N–H and O–H groups in total. The van der Waals surface area contributed by atoms with Crippen LogP contribution < -0.4 is 10.1 Å². The summed E-state index contributed by atoms with van der Waals surface area (Å²) in [5.74, 6) is -0.0357. The van der Waals surface area contributed by atoms with Crippen LogP contribution >= 0.6 is 0 Å². The normalized spacial score (nSPS) is 12.2. The summed E-state index contributed by atoms with van der Waals surface area (Å²) < 4.78 is 19.4. The van der Waals surface area contributed by atoms with Crippen molar-refractivity contribution >= 4 is 0 Å². The highest BCUT2D eigenvalue weighted by Gasteiger charge is 2.08. The second-order valence-electron chi connectivity index (χ2n) is 4.47. The molecule has 0 saturated heterocycles. The second kappa shape index (κ2) is 6.34. The first-order valence-electron chi connectivity index (χ1n) is 6.34. The summed E-state index contributed by atoms with van der Waals surface area (Å²) in [6.45, 7) is 2.36. The quantitative estimate of drug-likeness (QED) is 0.884. The fourth-order valence-corrected chi connectivity index (χ4v) is 1.81. The van der Waals surface area contributed by atoms with E-state index in [1.54, 1.807) is 6.07 Å². The summed E-state index contributed by atoms with van der Waals surface area (Å²) in [5, 5.41) is 3.08. The standard InChI is InChI=1S/C16H18FNO/c1-12(18-2)14-8-9-16(15(17)10-14)19-11-13-6-4-3-5-7-13/h3-10,12,18H,11H2,1-2H3/t12-/m0/s1. The maximum absolute atomic E-state index is 13.9. The summed E-state index contributed by atoms with van der Waals surface area (Å²) in [6, 6.07) is 14.9. The average Bonchev–Trinajstić information content (AvgIpc) is 2.46. The van der Waals surface area contributed by atoms with Crippen LogP contribution in [0.5, 0.6) is 5.75 Å². The Labute approximate surface area is 113 Å². The molecule has 19 heavy (non-hydrogen) atoms. The Bertz CT molecular complexity index is 528. The zero-order chi connectivity index (χ0) is 13.7. The molecule has 0 radical (unpaired) electrons. The van der Waals surface area contributed by atoms with Crippen molar-refractivity contribution in [3.63, 3.8) is 0 Å². The van der Waals surface area contributed by atoms with Crippen LogP contribution in [0.4, 0.5) is 4.39 Å². The van der Waals surface area contributed by atoms with Crippen molar-refractivity contribution in [2.24, 2.45) is 0 Å². The van der Waals surface area contributed by atoms with E-state index in [-0.39, 0.29) is 17.6 Å². The molecule has 0 saturated carbocycles. The average molecular weight is 259 g/mol. The molecule has 0 amide bonds. The molecule has 2 aromatic carbocycles. The van der Waals surface area contributed by atoms with E-state index in [4.69, 9.17) is 4.74 Å². The molecule has 0 fully saturated rings. The lowest BCUT2D eigenvalue weighted by molar-refractivity contribution is 0.290. The van der Waals surface area contributed by atoms with Crippen molar-refractivity contribution in [3.05, 3.63) is 65.5 Å². The van der Waals surface area contributed by atoms with Gasteiger partial charge < -0.3 is 10.1 Å². The first-order chi connectivity index (χ1) is 9.20. The summed E-state index contributed by atoms with van der Waals surface area (Å²) in [7, 11) is 1.85. The summed E-state index contributed by atoms with van der Waals surface area (Å²) in [6.07, 6.45) is 0. The molecule has 2 nitrogen and oxygen atoms in total. The Morgan fingerprint density at radius 3 is 2.53 bits per heavy atom. The number of halogens is 1. The van der Waals surface area contributed by atoms with E-state index in [9.17, 15) is 4.39 Å². The van der Waals surface area contributed by atoms with Gasteiger partial charge in [0.1, 0.15) is 6.61 Å². The Hall–Kier alpha value is -1.87. The first-order valence-corrected chi connectivity index (χ1v) is 6.34. The molecule has 0 aliphatic heterocycles. The van der Waals surface area contributed by atoms with Gasteiger partial charge in [-0.25, -0.2) is 4.39 Å². The van der Waals surface area contributed by atoms with Gasteiger partial charge >= 0.3 is 0 Å². The number of nitrogens with one attached hydrogen (secondary N) is 1. The van der Waals surface area contributed by atoms with Gasteiger partial charge in [0, 0.05) is 6.04 Å². The van der Waals surface area contributed by atoms with Gasteiger partial charge in [0.2, 0.25) is 0 Å². The minimum absolute atomic E-state index is 0.123. The molecule has 0 bridgehead atoms. The fourth-order valence-electron chi connectivity index (χ4n) is 1.81. The van der Waals surface area contributed by atoms with Crippen LogP contribution in [0.2, 0.25) is 0 Å². The molecular weight excluding hydrogens is 241 g/mol. The van der Waals surface area contributed by atoms with Gasteiger partial charge in [-0.05, 0) is 37.2 Å². The molecule has 1 atom stereocenters. The second-order valence-corrected chi connectivity index (χ2v) is 4.47. The zero-order valence-corrected chi connectivity index (χ0v) is 11.2. The molecule has 0 aliphatic rings. The first kappa shape index (κ1) is 13.6. The van der Waals surface area contributed by atoms with Crippen LogP contribution in [0.3, 0.4) is 0 Å². The fraction of sp³-hybridized carbons (Fsp3) is 0.250. The lowest BCUT2D eigenvalue weighted by atomic mass is 10.1. The van der Waals surface area contributed by atoms with E-state index < -0.39 is 0 Å². The molecule has 3 heteroatoms. The monoisotopic (exact) mass is 259 g/mol. The van der Waals surface area contributed by atoms with Crippen molar-refractivity contribution in [2.75, 3.05) is 7.05 Å². The molecule has 0 unspecified atom stereocenters. The van der Waals surface area contributed by atoms with Gasteiger partial charge in [0.25, 0.3) is 0 Å². The van der Waals surface area contributed by atoms with Crippen LogP contribution in [0.1, 0.15) is 24.1 Å². The lowest BCUT2D eigenvalue weighted by Crippen LogP contribution is -2.12. The van der Waals surface area contributed by atoms with E-state index in [0.29, 0.717) is 6.61 Å². The van der Waals surface area contributed by atoms with Crippen molar-refractivity contribution in [3.8, 4) is 5.75 Å². The molecule has 100 valence electrons. The van der Waals surface area contributed by atoms with Gasteiger partial charge in [0.15, 0.2) is 11.6 Å². The van der Waals surface area contributed by atoms with E-state index in [2.05, 4.69) is 5.32 Å². The van der Waals surface area contributed by atoms with E-state index in [1.807, 2.05) is 50.4 Å². The molecule has 0 aliphatic carbocycles. The van der Waals surface area contributed by atoms with Gasteiger partial charge in [0.05, 0.1) is 0 Å². The predicted octanol–water partition coefficient (Wildman–Crippen LogP) is 3.69. The summed E-state index contributed by atoms with van der Waals surface area (Å²) in [5.41, 5.74) is 1.93. The third-order valence-electron chi connectivity index (χ3n) is 3.13. The topological polar surface area (TPSA) is 21.3 Å². The lowest BCUT2D eigenvalue weighted by Gasteiger charge is -2.13. The minimum Gasteiger partial charge on any atom is -0.486 e. The Kier molecular flexibility index (Phi) is 4.53. The van der Waals surface area contributed by atoms with Crippen molar-refractivity contribution in [2.45, 2.75) is 19.6 Å². The molecule has 2 rings (SSSR count). The molecular formula is C16H18FNO. The van der Waals surface area contributed by atoms with E-state index in [0.717, 1.165) is 11.1 Å². The molecule has 0 aromatic heterocycles. The van der Waals surface area contributed by atoms with Crippen LogP contribution in [-0.4, -0.2) is 7.05 Å². The van der Waals surface area contributed by atoms with Crippen LogP contribution in [0, 0.1) is 5.82 Å². The minimum atomic E-state index is -0.324. The van der Waals surface area contributed by atoms with Crippen molar-refractivity contribution in [1.29, 1.82) is 0 Å². The Morgan fingerprint density at radius 2 is 1.89 bits per heavy atom. The predicted molar refractivity (Wildman–Crippen MR) is 74.6 cm³/mol. The summed E-state index contributed by atoms with van der Waals surface area (Å²) in [4.78, 5) is 0. The maximum atomic E-state index is 13.9. The van der Waals surface area contributed by atoms with E-state index in [1.165, 1.54) is 6.07 Å². The van der Waals surface area contributed by atoms with Crippen LogP contribution in [0.15, 0.2) is 48.5 Å². The largest absolute Gasteiger partial charge is 0.486 e. The smallest absolute Gasteiger partial charge is 0.165 e. The van der Waals surface area contributed by atoms with Gasteiger partial charge in [-0.15, -0.1) is 0 Å². The maximum Gasteiger partial charge on any atom is 0.165 e. The zero-order valence-electron chi connectivity index (χ0n) is 11.2. The highest BCUT2D eigenvalue weighted by atomic mass is 19.1. The Balaban J connectivity index is 2.05. The number of hydrogen-bond donors (Lipinski definition) is 1. The number of rotatable bonds is 5. The van der Waals surface area contributed by atoms with Crippen LogP contribution in [-0.2, 0) is 6.61 Å². The SMILES string of the molecule is CN[C@@H](C)c1ccc(OCc2ccccc2)c(F)c1. The highest BCUT2D eigenvalue weighted by Crippen LogP contribution is 2.22. The van der Waals surface area contributed by atoms with E-state index >= 15 is 0 Å². The molecule has 0 heterocycles. The van der Waals surface area contributed by atoms with Gasteiger partial charge in [-0.3, -0.25) is 0 Å². The molecule has 2 aromatic rings. The Morgan fingerprint density at radius 1 is 1.16 bits per heavy atom. The third kappa shape index (κ3) is 3.55. The number of benzene rings is 2. The highest BCUT2D eigenvalue weighted by molar-refractivity contribution is 5.31. The number of ether oxygens (including phenoxy) is 1. The van der Waals surface area contributed by atoms with Crippen molar-refractivity contribution in [1.82, 2.24) is 5.32 Å². The molecule has 0 spiro atoms. The van der Waals surface area contributed by atoms with Gasteiger partial charge in [-0.2, -0.15) is 0 Å².